The van der Waals surface area contributed by atoms with E-state index in [1.807, 2.05) is 0 Å². The number of aromatic nitrogens is 1. The minimum absolute atomic E-state index is 0.352. The van der Waals surface area contributed by atoms with Gasteiger partial charge >= 0.3 is 0 Å². The quantitative estimate of drug-likeness (QED) is 0.833. The van der Waals surface area contributed by atoms with Crippen molar-refractivity contribution in [1.82, 2.24) is 10.5 Å². The van der Waals surface area contributed by atoms with Crippen molar-refractivity contribution in [2.24, 2.45) is 17.8 Å². The highest BCUT2D eigenvalue weighted by molar-refractivity contribution is 5.22. The van der Waals surface area contributed by atoms with Crippen LogP contribution in [0.5, 0.6) is 0 Å². The van der Waals surface area contributed by atoms with Gasteiger partial charge in [0, 0.05) is 18.0 Å². The summed E-state index contributed by atoms with van der Waals surface area (Å²) in [5.74, 6) is 4.10. The Morgan fingerprint density at radius 3 is 2.45 bits per heavy atom. The van der Waals surface area contributed by atoms with Crippen LogP contribution in [0, 0.1) is 17.8 Å². The van der Waals surface area contributed by atoms with E-state index < -0.39 is 0 Å². The van der Waals surface area contributed by atoms with E-state index >= 15 is 0 Å². The Bertz CT molecular complexity index is 444. The molecule has 1 aromatic heterocycles. The molecule has 0 spiro atoms. The van der Waals surface area contributed by atoms with Crippen LogP contribution >= 0.6 is 0 Å². The molecule has 1 N–H and O–H groups in total. The Morgan fingerprint density at radius 2 is 1.85 bits per heavy atom. The van der Waals surface area contributed by atoms with Gasteiger partial charge in [-0.25, -0.2) is 0 Å². The van der Waals surface area contributed by atoms with Gasteiger partial charge in [0.05, 0.1) is 5.69 Å². The summed E-state index contributed by atoms with van der Waals surface area (Å²) in [6.07, 6.45) is 9.69. The molecule has 0 unspecified atom stereocenters. The molecule has 4 fully saturated rings. The Kier molecular flexibility index (Phi) is 3.13. The molecule has 20 heavy (non-hydrogen) atoms. The van der Waals surface area contributed by atoms with Gasteiger partial charge in [0.2, 0.25) is 0 Å². The molecule has 0 amide bonds. The summed E-state index contributed by atoms with van der Waals surface area (Å²) in [5, 5.41) is 7.72. The minimum atomic E-state index is 0.352. The van der Waals surface area contributed by atoms with Crippen molar-refractivity contribution in [2.45, 2.75) is 63.8 Å². The Balaban J connectivity index is 1.52. The normalized spacial score (nSPS) is 38.5. The van der Waals surface area contributed by atoms with E-state index in [2.05, 4.69) is 23.5 Å². The topological polar surface area (TPSA) is 38.1 Å². The molecule has 0 aromatic carbocycles. The van der Waals surface area contributed by atoms with Crippen molar-refractivity contribution in [3.63, 3.8) is 0 Å². The second-order valence-electron chi connectivity index (χ2n) is 7.56. The van der Waals surface area contributed by atoms with Crippen molar-refractivity contribution in [2.75, 3.05) is 6.54 Å². The first-order chi connectivity index (χ1) is 9.77. The second-order valence-corrected chi connectivity index (χ2v) is 7.56. The van der Waals surface area contributed by atoms with E-state index in [9.17, 15) is 0 Å². The third-order valence-electron chi connectivity index (χ3n) is 5.85. The molecule has 0 aliphatic heterocycles. The van der Waals surface area contributed by atoms with Gasteiger partial charge in [-0.3, -0.25) is 0 Å². The van der Waals surface area contributed by atoms with Crippen molar-refractivity contribution in [3.05, 3.63) is 17.5 Å². The summed E-state index contributed by atoms with van der Waals surface area (Å²) in [5.41, 5.74) is 1.44. The molecule has 0 atom stereocenters. The van der Waals surface area contributed by atoms with Gasteiger partial charge in [0.25, 0.3) is 0 Å². The van der Waals surface area contributed by atoms with Gasteiger partial charge < -0.3 is 9.84 Å². The van der Waals surface area contributed by atoms with Crippen LogP contribution < -0.4 is 5.32 Å². The second kappa shape index (κ2) is 4.87. The number of hydrogen-bond acceptors (Lipinski definition) is 3. The van der Waals surface area contributed by atoms with E-state index in [0.29, 0.717) is 5.41 Å². The first kappa shape index (κ1) is 12.9. The van der Waals surface area contributed by atoms with Crippen LogP contribution in [-0.2, 0) is 12.0 Å². The van der Waals surface area contributed by atoms with Crippen LogP contribution in [0.4, 0.5) is 0 Å². The van der Waals surface area contributed by atoms with Gasteiger partial charge in [-0.15, -0.1) is 0 Å². The zero-order chi connectivity index (χ0) is 13.6. The Morgan fingerprint density at radius 1 is 1.20 bits per heavy atom. The summed E-state index contributed by atoms with van der Waals surface area (Å²) in [6.45, 7) is 4.10. The smallest absolute Gasteiger partial charge is 0.143 e. The van der Waals surface area contributed by atoms with E-state index in [4.69, 9.17) is 4.52 Å². The Labute approximate surface area is 121 Å². The van der Waals surface area contributed by atoms with Crippen LogP contribution in [0.2, 0.25) is 0 Å². The predicted molar refractivity (Wildman–Crippen MR) is 78.4 cm³/mol. The summed E-state index contributed by atoms with van der Waals surface area (Å²) >= 11 is 0. The van der Waals surface area contributed by atoms with Crippen LogP contribution in [0.3, 0.4) is 0 Å². The lowest BCUT2D eigenvalue weighted by atomic mass is 9.49. The standard InChI is InChI=1S/C17H26N2O/c1-2-3-18-11-15-7-16(20-19-15)17-8-12-4-13(9-17)6-14(5-12)10-17/h7,12-14,18H,2-6,8-11H2,1H3. The van der Waals surface area contributed by atoms with Crippen LogP contribution in [0.15, 0.2) is 10.6 Å². The van der Waals surface area contributed by atoms with E-state index in [0.717, 1.165) is 36.5 Å². The summed E-state index contributed by atoms with van der Waals surface area (Å²) < 4.78 is 5.79. The largest absolute Gasteiger partial charge is 0.361 e. The lowest BCUT2D eigenvalue weighted by Crippen LogP contribution is -2.48. The summed E-state index contributed by atoms with van der Waals surface area (Å²) in [4.78, 5) is 0. The lowest BCUT2D eigenvalue weighted by Gasteiger charge is -2.55. The molecule has 4 bridgehead atoms. The lowest BCUT2D eigenvalue weighted by molar-refractivity contribution is -0.0175. The molecule has 0 radical (unpaired) electrons. The highest BCUT2D eigenvalue weighted by atomic mass is 16.5. The molecule has 4 saturated carbocycles. The number of nitrogens with zero attached hydrogens (tertiary/aromatic N) is 1. The molecule has 5 rings (SSSR count). The third kappa shape index (κ3) is 2.11. The first-order valence-electron chi connectivity index (χ1n) is 8.44. The molecule has 0 saturated heterocycles. The molecular formula is C17H26N2O. The molecule has 110 valence electrons. The summed E-state index contributed by atoms with van der Waals surface area (Å²) in [7, 11) is 0. The molecule has 4 aliphatic carbocycles. The fraction of sp³-hybridized carbons (Fsp3) is 0.824. The minimum Gasteiger partial charge on any atom is -0.361 e. The monoisotopic (exact) mass is 274 g/mol. The maximum absolute atomic E-state index is 5.79. The van der Waals surface area contributed by atoms with Crippen molar-refractivity contribution in [3.8, 4) is 0 Å². The molecule has 3 heteroatoms. The SMILES string of the molecule is CCCNCc1cc(C23CC4CC(CC(C4)C2)C3)on1. The number of rotatable bonds is 5. The number of nitrogens with one attached hydrogen (secondary N) is 1. The summed E-state index contributed by atoms with van der Waals surface area (Å²) in [6, 6.07) is 2.25. The van der Waals surface area contributed by atoms with Crippen molar-refractivity contribution >= 4 is 0 Å². The molecule has 1 heterocycles. The fourth-order valence-corrected chi connectivity index (χ4v) is 5.45. The van der Waals surface area contributed by atoms with E-state index in [1.165, 1.54) is 50.7 Å². The van der Waals surface area contributed by atoms with Gasteiger partial charge in [0.1, 0.15) is 5.76 Å². The third-order valence-corrected chi connectivity index (χ3v) is 5.85. The van der Waals surface area contributed by atoms with Gasteiger partial charge in [-0.05, 0) is 69.2 Å². The van der Waals surface area contributed by atoms with Crippen LogP contribution in [-0.4, -0.2) is 11.7 Å². The molecule has 1 aromatic rings. The zero-order valence-corrected chi connectivity index (χ0v) is 12.5. The first-order valence-corrected chi connectivity index (χ1v) is 8.44. The predicted octanol–water partition coefficient (Wildman–Crippen LogP) is 3.64. The van der Waals surface area contributed by atoms with Gasteiger partial charge in [0.15, 0.2) is 0 Å². The average molecular weight is 274 g/mol. The maximum atomic E-state index is 5.79. The van der Waals surface area contributed by atoms with Crippen molar-refractivity contribution in [1.29, 1.82) is 0 Å². The zero-order valence-electron chi connectivity index (χ0n) is 12.5. The molecule has 3 nitrogen and oxygen atoms in total. The van der Waals surface area contributed by atoms with Crippen molar-refractivity contribution < 1.29 is 4.52 Å². The fourth-order valence-electron chi connectivity index (χ4n) is 5.45. The number of hydrogen-bond donors (Lipinski definition) is 1. The molecule has 4 aliphatic rings. The highest BCUT2D eigenvalue weighted by Gasteiger charge is 2.53. The Hall–Kier alpha value is -0.830. The average Bonchev–Trinajstić information content (AvgIpc) is 2.87. The van der Waals surface area contributed by atoms with E-state index in [-0.39, 0.29) is 0 Å². The van der Waals surface area contributed by atoms with Gasteiger partial charge in [-0.1, -0.05) is 12.1 Å². The van der Waals surface area contributed by atoms with Crippen LogP contribution in [0.25, 0.3) is 0 Å². The van der Waals surface area contributed by atoms with Crippen LogP contribution in [0.1, 0.15) is 63.3 Å². The van der Waals surface area contributed by atoms with E-state index in [1.54, 1.807) is 0 Å². The maximum Gasteiger partial charge on any atom is 0.143 e. The molecular weight excluding hydrogens is 248 g/mol. The van der Waals surface area contributed by atoms with Gasteiger partial charge in [-0.2, -0.15) is 0 Å². The highest BCUT2D eigenvalue weighted by Crippen LogP contribution is 2.60.